The van der Waals surface area contributed by atoms with Gasteiger partial charge in [0, 0.05) is 0 Å². The van der Waals surface area contributed by atoms with Gasteiger partial charge in [-0.1, -0.05) is 107 Å². The predicted octanol–water partition coefficient (Wildman–Crippen LogP) is 10.6. The molecule has 3 aliphatic carbocycles. The Bertz CT molecular complexity index is 3520. The van der Waals surface area contributed by atoms with Crippen LogP contribution in [0.4, 0.5) is 0 Å². The molecule has 3 fully saturated rings. The van der Waals surface area contributed by atoms with Crippen LogP contribution in [0.5, 0.6) is 11.5 Å². The van der Waals surface area contributed by atoms with E-state index in [0.29, 0.717) is 60.5 Å². The van der Waals surface area contributed by atoms with Crippen molar-refractivity contribution in [2.75, 3.05) is 32.7 Å². The summed E-state index contributed by atoms with van der Waals surface area (Å²) in [4.78, 5) is 49.2. The van der Waals surface area contributed by atoms with Crippen molar-refractivity contribution >= 4 is 53.4 Å². The van der Waals surface area contributed by atoms with Crippen LogP contribution in [0.25, 0.3) is 0 Å². The van der Waals surface area contributed by atoms with Crippen LogP contribution in [-0.2, 0) is 64.5 Å². The number of methoxy groups -OCH3 is 1. The Kier molecular flexibility index (Phi) is 23.2. The molecule has 5 aromatic rings. The highest BCUT2D eigenvalue weighted by Gasteiger charge is 2.58. The van der Waals surface area contributed by atoms with Gasteiger partial charge in [0.1, 0.15) is 10.00 Å². The number of aliphatic hydroxyl groups excluding tert-OH is 1. The normalized spacial score (nSPS) is 19.8. The lowest BCUT2D eigenvalue weighted by Gasteiger charge is -2.44. The summed E-state index contributed by atoms with van der Waals surface area (Å²) in [5.41, 5.74) is 5.63. The molecule has 3 saturated carbocycles. The van der Waals surface area contributed by atoms with Gasteiger partial charge in [-0.3, -0.25) is 14.4 Å². The largest absolute Gasteiger partial charge is 0.493 e. The fourth-order valence-corrected chi connectivity index (χ4v) is 14.9. The maximum atomic E-state index is 13.7. The fraction of sp³-hybridized carbons (Fsp3) is 0.385. The molecule has 1 N–H and O–H groups in total. The highest BCUT2D eigenvalue weighted by atomic mass is 32.2. The number of carbonyl (C=O) groups excluding carboxylic acids is 4. The molecule has 84 heavy (non-hydrogen) atoms. The van der Waals surface area contributed by atoms with E-state index in [1.165, 1.54) is 31.4 Å². The minimum Gasteiger partial charge on any atom is -0.493 e. The maximum absolute atomic E-state index is 13.7. The van der Waals surface area contributed by atoms with Gasteiger partial charge in [0.2, 0.25) is 0 Å². The van der Waals surface area contributed by atoms with Gasteiger partial charge >= 0.3 is 23.9 Å². The third-order valence-corrected chi connectivity index (χ3v) is 21.5. The molecular formula is C65H76O16S3. The van der Waals surface area contributed by atoms with Gasteiger partial charge in [0.05, 0.1) is 76.8 Å². The van der Waals surface area contributed by atoms with Crippen LogP contribution in [0.3, 0.4) is 0 Å². The first-order valence-electron chi connectivity index (χ1n) is 28.0. The molecule has 16 nitrogen and oxygen atoms in total. The number of aliphatic hydroxyl groups is 1. The second-order valence-corrected chi connectivity index (χ2v) is 27.2. The molecule has 8 rings (SSSR count). The van der Waals surface area contributed by atoms with Gasteiger partial charge in [-0.05, 0) is 159 Å². The van der Waals surface area contributed by atoms with E-state index >= 15 is 0 Å². The minimum absolute atomic E-state index is 0.0682. The number of ether oxygens (including phenoxy) is 5. The lowest BCUT2D eigenvalue weighted by atomic mass is 9.72. The molecule has 0 spiro atoms. The molecule has 19 heteroatoms. The van der Waals surface area contributed by atoms with Crippen molar-refractivity contribution < 1.29 is 73.2 Å². The van der Waals surface area contributed by atoms with Gasteiger partial charge in [-0.25, -0.2) is 30.0 Å². The van der Waals surface area contributed by atoms with Gasteiger partial charge in [0.25, 0.3) is 0 Å². The van der Waals surface area contributed by atoms with Crippen molar-refractivity contribution in [1.82, 2.24) is 0 Å². The second-order valence-electron chi connectivity index (χ2n) is 20.8. The van der Waals surface area contributed by atoms with E-state index in [1.807, 2.05) is 20.8 Å². The monoisotopic (exact) mass is 1210 g/mol. The number of esters is 4. The Morgan fingerprint density at radius 1 is 0.643 bits per heavy atom. The minimum atomic E-state index is -3.97. The number of rotatable bonds is 22. The van der Waals surface area contributed by atoms with Gasteiger partial charge in [0.15, 0.2) is 41.0 Å². The van der Waals surface area contributed by atoms with Crippen LogP contribution in [-0.4, -0.2) is 103 Å². The Hall–Kier alpha value is -7.19. The number of aryl methyl sites for hydroxylation is 4. The van der Waals surface area contributed by atoms with Crippen LogP contribution in [0, 0.1) is 38.5 Å². The van der Waals surface area contributed by atoms with Crippen molar-refractivity contribution in [3.63, 3.8) is 0 Å². The lowest BCUT2D eigenvalue weighted by molar-refractivity contribution is -0.152. The van der Waals surface area contributed by atoms with Gasteiger partial charge in [-0.15, -0.1) is 6.58 Å². The van der Waals surface area contributed by atoms with Crippen LogP contribution >= 0.6 is 0 Å². The van der Waals surface area contributed by atoms with E-state index in [4.69, 9.17) is 23.7 Å². The third kappa shape index (κ3) is 16.0. The summed E-state index contributed by atoms with van der Waals surface area (Å²) in [5, 5.41) is 10.1. The van der Waals surface area contributed by atoms with Crippen LogP contribution in [0.2, 0.25) is 0 Å². The van der Waals surface area contributed by atoms with E-state index in [-0.39, 0.29) is 58.8 Å². The summed E-state index contributed by atoms with van der Waals surface area (Å²) >= 11 is 0. The van der Waals surface area contributed by atoms with Gasteiger partial charge in [-0.2, -0.15) is 0 Å². The van der Waals surface area contributed by atoms with Crippen LogP contribution in [0.15, 0.2) is 172 Å². The fourth-order valence-electron chi connectivity index (χ4n) is 9.85. The SMILES string of the molecule is C=CC1(S(=O)(=O)c2ccc(C)cc2)CCC1C(=O)OCC.CCOC(=O)C1CC/C1=C/C(C(O)CCc1ccc(OC(=O)c2ccccc2)c(OC)c1)S(=O)(=O)c1ccc(C)cc1.CCOC(=O)C1CC/C1=C/CS(=O)(=O)c1ccc(C)cc1. The van der Waals surface area contributed by atoms with Crippen LogP contribution in [0.1, 0.15) is 98.3 Å². The first kappa shape index (κ1) is 66.0. The van der Waals surface area contributed by atoms with Crippen molar-refractivity contribution in [2.24, 2.45) is 17.8 Å². The number of hydrogen-bond donors (Lipinski definition) is 1. The molecule has 3 aliphatic rings. The summed E-state index contributed by atoms with van der Waals surface area (Å²) in [6, 6.07) is 33.6. The molecule has 0 aliphatic heterocycles. The Labute approximate surface area is 494 Å². The van der Waals surface area contributed by atoms with E-state index < -0.39 is 69.4 Å². The smallest absolute Gasteiger partial charge is 0.343 e. The zero-order valence-corrected chi connectivity index (χ0v) is 51.1. The number of carbonyl (C=O) groups is 4. The van der Waals surface area contributed by atoms with Crippen LogP contribution < -0.4 is 9.47 Å². The van der Waals surface area contributed by atoms with E-state index in [2.05, 4.69) is 6.58 Å². The number of hydrogen-bond acceptors (Lipinski definition) is 16. The summed E-state index contributed by atoms with van der Waals surface area (Å²) < 4.78 is 103. The Morgan fingerprint density at radius 2 is 1.15 bits per heavy atom. The zero-order valence-electron chi connectivity index (χ0n) is 48.7. The average molecular weight is 1210 g/mol. The zero-order chi connectivity index (χ0) is 61.4. The van der Waals surface area contributed by atoms with E-state index in [1.54, 1.807) is 136 Å². The predicted molar refractivity (Wildman–Crippen MR) is 320 cm³/mol. The molecule has 0 aromatic heterocycles. The molecule has 0 saturated heterocycles. The average Bonchev–Trinajstić information content (AvgIpc) is 0.839. The quantitative estimate of drug-likeness (QED) is 0.0293. The summed E-state index contributed by atoms with van der Waals surface area (Å²) in [5.74, 6) is -2.51. The number of sulfone groups is 3. The maximum Gasteiger partial charge on any atom is 0.343 e. The lowest BCUT2D eigenvalue weighted by Crippen LogP contribution is -2.55. The first-order valence-corrected chi connectivity index (χ1v) is 32.7. The molecule has 0 radical (unpaired) electrons. The van der Waals surface area contributed by atoms with E-state index in [9.17, 15) is 49.5 Å². The first-order chi connectivity index (χ1) is 40.0. The Balaban J connectivity index is 0.000000225. The third-order valence-electron chi connectivity index (χ3n) is 15.2. The second kappa shape index (κ2) is 29.6. The molecule has 450 valence electrons. The molecule has 6 unspecified atom stereocenters. The van der Waals surface area contributed by atoms with Crippen molar-refractivity contribution in [3.8, 4) is 11.5 Å². The molecular weight excluding hydrogens is 1130 g/mol. The van der Waals surface area contributed by atoms with Crippen molar-refractivity contribution in [3.05, 3.63) is 185 Å². The van der Waals surface area contributed by atoms with Gasteiger partial charge < -0.3 is 28.8 Å². The highest BCUT2D eigenvalue weighted by Crippen LogP contribution is 2.49. The molecule has 0 heterocycles. The molecule has 5 aromatic carbocycles. The Morgan fingerprint density at radius 3 is 1.63 bits per heavy atom. The molecule has 6 atom stereocenters. The highest BCUT2D eigenvalue weighted by molar-refractivity contribution is 7.93. The van der Waals surface area contributed by atoms with E-state index in [0.717, 1.165) is 40.7 Å². The standard InChI is InChI=1S/C33H36O8S.2C16H20O4S/c1-4-40-33(36)27-17-14-25(27)21-31(42(37,38)26-15-10-22(2)11-16-26)28(34)18-12-23-13-19-29(30(20-23)39-3)41-32(35)24-8-6-5-7-9-24;1-4-16(11-10-14(16)15(17)20-5-2)21(18,19)13-8-6-12(3)7-9-13;1-3-20-16(17)15-9-6-13(15)10-11-21(18,19)14-7-4-12(2)5-8-14/h5-11,13,15-16,19-21,27-28,31,34H,4,12,14,17-18H2,1-3H3;4,6-9,14H,1,5,10-11H2,2-3H3;4-5,7-8,10,15H,3,6,9,11H2,1-2H3/b25-21-;;13-10-. The topological polar surface area (TPSA) is 237 Å². The number of benzene rings is 5. The summed E-state index contributed by atoms with van der Waals surface area (Å²) in [7, 11) is -9.51. The summed E-state index contributed by atoms with van der Waals surface area (Å²) in [6.07, 6.45) is 7.37. The summed E-state index contributed by atoms with van der Waals surface area (Å²) in [6.45, 7) is 15.4. The molecule has 0 bridgehead atoms. The van der Waals surface area contributed by atoms with Crippen molar-refractivity contribution in [2.45, 2.75) is 124 Å². The van der Waals surface area contributed by atoms with Crippen molar-refractivity contribution in [1.29, 1.82) is 0 Å². The molecule has 0 amide bonds.